The highest BCUT2D eigenvalue weighted by molar-refractivity contribution is 5.64. The Balaban J connectivity index is 2.90. The van der Waals surface area contributed by atoms with Crippen LogP contribution < -0.4 is 11.1 Å². The zero-order valence-electron chi connectivity index (χ0n) is 12.0. The molecule has 98 valence electrons. The second-order valence-electron chi connectivity index (χ2n) is 5.76. The monoisotopic (exact) mass is 238 g/mol. The number of nitrogen functional groups attached to an aromatic ring is 1. The first-order valence-electron chi connectivity index (χ1n) is 6.37. The Morgan fingerprint density at radius 3 is 2.47 bits per heavy atom. The molecular formula is C13H26N4. The number of hydrogen-bond donors (Lipinski definition) is 2. The van der Waals surface area contributed by atoms with Crippen LogP contribution >= 0.6 is 0 Å². The average Bonchev–Trinajstić information content (AvgIpc) is 2.53. The number of nitrogens with zero attached hydrogens (tertiary/aromatic N) is 2. The zero-order valence-corrected chi connectivity index (χ0v) is 12.0. The van der Waals surface area contributed by atoms with Gasteiger partial charge in [-0.15, -0.1) is 0 Å². The fourth-order valence-corrected chi connectivity index (χ4v) is 1.56. The third-order valence-corrected chi connectivity index (χ3v) is 3.31. The van der Waals surface area contributed by atoms with E-state index in [1.165, 1.54) is 0 Å². The van der Waals surface area contributed by atoms with E-state index in [-0.39, 0.29) is 5.41 Å². The van der Waals surface area contributed by atoms with Crippen LogP contribution in [0.2, 0.25) is 0 Å². The lowest BCUT2D eigenvalue weighted by Gasteiger charge is -2.24. The van der Waals surface area contributed by atoms with Crippen molar-refractivity contribution in [2.75, 3.05) is 17.6 Å². The minimum absolute atomic E-state index is 0.270. The van der Waals surface area contributed by atoms with Gasteiger partial charge in [-0.2, -0.15) is 5.10 Å². The molecule has 0 aliphatic carbocycles. The van der Waals surface area contributed by atoms with Gasteiger partial charge in [-0.3, -0.25) is 0 Å². The van der Waals surface area contributed by atoms with E-state index in [0.29, 0.717) is 6.04 Å². The van der Waals surface area contributed by atoms with Crippen LogP contribution in [-0.2, 0) is 0 Å². The molecular weight excluding hydrogens is 212 g/mol. The lowest BCUT2D eigenvalue weighted by atomic mass is 9.90. The Morgan fingerprint density at radius 2 is 2.00 bits per heavy atom. The standard InChI is InChI=1S/C13H26N4/c1-7-13(5,6)8-15-12-11(14)10(4)16-17(12)9(2)3/h9,15H,7-8,14H2,1-6H3. The number of hydrogen-bond acceptors (Lipinski definition) is 3. The van der Waals surface area contributed by atoms with Crippen LogP contribution in [0.3, 0.4) is 0 Å². The van der Waals surface area contributed by atoms with E-state index in [2.05, 4.69) is 45.0 Å². The lowest BCUT2D eigenvalue weighted by Crippen LogP contribution is -2.24. The van der Waals surface area contributed by atoms with E-state index in [9.17, 15) is 0 Å². The summed E-state index contributed by atoms with van der Waals surface area (Å²) in [5.41, 5.74) is 8.00. The molecule has 4 heteroatoms. The first-order valence-corrected chi connectivity index (χ1v) is 6.37. The van der Waals surface area contributed by atoms with Crippen molar-refractivity contribution in [1.82, 2.24) is 9.78 Å². The van der Waals surface area contributed by atoms with Gasteiger partial charge in [0.05, 0.1) is 11.4 Å². The SMILES string of the molecule is CCC(C)(C)CNc1c(N)c(C)nn1C(C)C. The molecule has 0 fully saturated rings. The molecule has 1 rings (SSSR count). The number of aromatic nitrogens is 2. The highest BCUT2D eigenvalue weighted by Gasteiger charge is 2.19. The summed E-state index contributed by atoms with van der Waals surface area (Å²) < 4.78 is 1.97. The molecule has 0 radical (unpaired) electrons. The van der Waals surface area contributed by atoms with E-state index in [1.807, 2.05) is 11.6 Å². The van der Waals surface area contributed by atoms with Crippen LogP contribution in [0.15, 0.2) is 0 Å². The van der Waals surface area contributed by atoms with Gasteiger partial charge < -0.3 is 11.1 Å². The van der Waals surface area contributed by atoms with Gasteiger partial charge in [0, 0.05) is 12.6 Å². The first kappa shape index (κ1) is 13.9. The number of aryl methyl sites for hydroxylation is 1. The molecule has 0 aliphatic heterocycles. The van der Waals surface area contributed by atoms with Gasteiger partial charge in [-0.1, -0.05) is 20.8 Å². The fraction of sp³-hybridized carbons (Fsp3) is 0.769. The van der Waals surface area contributed by atoms with Crippen molar-refractivity contribution in [3.8, 4) is 0 Å². The molecule has 4 nitrogen and oxygen atoms in total. The van der Waals surface area contributed by atoms with Gasteiger partial charge in [0.25, 0.3) is 0 Å². The molecule has 0 saturated heterocycles. The molecule has 0 bridgehead atoms. The van der Waals surface area contributed by atoms with E-state index in [0.717, 1.165) is 30.2 Å². The second kappa shape index (κ2) is 4.98. The third kappa shape index (κ3) is 3.14. The van der Waals surface area contributed by atoms with Crippen LogP contribution in [0.1, 0.15) is 52.8 Å². The Kier molecular flexibility index (Phi) is 4.07. The molecule has 1 heterocycles. The van der Waals surface area contributed by atoms with Gasteiger partial charge in [0.15, 0.2) is 0 Å². The van der Waals surface area contributed by atoms with Crippen LogP contribution in [-0.4, -0.2) is 16.3 Å². The largest absolute Gasteiger partial charge is 0.394 e. The summed E-state index contributed by atoms with van der Waals surface area (Å²) in [6.07, 6.45) is 1.13. The van der Waals surface area contributed by atoms with Crippen molar-refractivity contribution >= 4 is 11.5 Å². The van der Waals surface area contributed by atoms with Crippen LogP contribution in [0.25, 0.3) is 0 Å². The summed E-state index contributed by atoms with van der Waals surface area (Å²) in [6, 6.07) is 0.318. The average molecular weight is 238 g/mol. The summed E-state index contributed by atoms with van der Waals surface area (Å²) >= 11 is 0. The Bertz CT molecular complexity index is 377. The highest BCUT2D eigenvalue weighted by Crippen LogP contribution is 2.27. The molecule has 3 N–H and O–H groups in total. The van der Waals surface area contributed by atoms with E-state index >= 15 is 0 Å². The maximum Gasteiger partial charge on any atom is 0.148 e. The topological polar surface area (TPSA) is 55.9 Å². The predicted octanol–water partition coefficient (Wildman–Crippen LogP) is 3.20. The summed E-state index contributed by atoms with van der Waals surface area (Å²) in [7, 11) is 0. The number of nitrogens with one attached hydrogen (secondary N) is 1. The minimum atomic E-state index is 0.270. The van der Waals surface area contributed by atoms with Gasteiger partial charge in [-0.05, 0) is 32.6 Å². The van der Waals surface area contributed by atoms with E-state index < -0.39 is 0 Å². The van der Waals surface area contributed by atoms with Crippen LogP contribution in [0.5, 0.6) is 0 Å². The van der Waals surface area contributed by atoms with Crippen molar-refractivity contribution in [2.45, 2.75) is 54.0 Å². The molecule has 0 unspecified atom stereocenters. The van der Waals surface area contributed by atoms with Crippen LogP contribution in [0.4, 0.5) is 11.5 Å². The molecule has 0 aromatic carbocycles. The molecule has 0 saturated carbocycles. The number of anilines is 2. The van der Waals surface area contributed by atoms with Crippen molar-refractivity contribution in [3.05, 3.63) is 5.69 Å². The van der Waals surface area contributed by atoms with Crippen molar-refractivity contribution in [2.24, 2.45) is 5.41 Å². The normalized spacial score (nSPS) is 12.2. The number of rotatable bonds is 5. The highest BCUT2D eigenvalue weighted by atomic mass is 15.4. The molecule has 1 aromatic heterocycles. The molecule has 0 amide bonds. The van der Waals surface area contributed by atoms with Gasteiger partial charge in [-0.25, -0.2) is 4.68 Å². The smallest absolute Gasteiger partial charge is 0.148 e. The maximum absolute atomic E-state index is 6.07. The Morgan fingerprint density at radius 1 is 1.41 bits per heavy atom. The molecule has 17 heavy (non-hydrogen) atoms. The quantitative estimate of drug-likeness (QED) is 0.828. The molecule has 1 aromatic rings. The molecule has 0 aliphatic rings. The summed E-state index contributed by atoms with van der Waals surface area (Å²) in [4.78, 5) is 0. The maximum atomic E-state index is 6.07. The van der Waals surface area contributed by atoms with E-state index in [4.69, 9.17) is 5.73 Å². The van der Waals surface area contributed by atoms with E-state index in [1.54, 1.807) is 0 Å². The minimum Gasteiger partial charge on any atom is -0.394 e. The zero-order chi connectivity index (χ0) is 13.2. The third-order valence-electron chi connectivity index (χ3n) is 3.31. The van der Waals surface area contributed by atoms with Crippen molar-refractivity contribution in [1.29, 1.82) is 0 Å². The lowest BCUT2D eigenvalue weighted by molar-refractivity contribution is 0.375. The molecule has 0 spiro atoms. The van der Waals surface area contributed by atoms with Crippen LogP contribution in [0, 0.1) is 12.3 Å². The number of nitrogens with two attached hydrogens (primary N) is 1. The summed E-state index contributed by atoms with van der Waals surface area (Å²) in [5.74, 6) is 0.957. The first-order chi connectivity index (χ1) is 7.78. The van der Waals surface area contributed by atoms with Crippen molar-refractivity contribution < 1.29 is 0 Å². The summed E-state index contributed by atoms with van der Waals surface area (Å²) in [6.45, 7) is 13.8. The molecule has 0 atom stereocenters. The summed E-state index contributed by atoms with van der Waals surface area (Å²) in [5, 5.41) is 7.92. The van der Waals surface area contributed by atoms with Gasteiger partial charge in [0.1, 0.15) is 5.82 Å². The Labute approximate surface area is 105 Å². The van der Waals surface area contributed by atoms with Crippen molar-refractivity contribution in [3.63, 3.8) is 0 Å². The fourth-order valence-electron chi connectivity index (χ4n) is 1.56. The van der Waals surface area contributed by atoms with Gasteiger partial charge in [0.2, 0.25) is 0 Å². The second-order valence-corrected chi connectivity index (χ2v) is 5.76. The Hall–Kier alpha value is -1.19. The van der Waals surface area contributed by atoms with Gasteiger partial charge >= 0.3 is 0 Å². The predicted molar refractivity (Wildman–Crippen MR) is 74.3 cm³/mol.